The average molecular weight is 380 g/mol. The highest BCUT2D eigenvalue weighted by Gasteiger charge is 2.14. The number of aromatic hydroxyl groups is 2. The van der Waals surface area contributed by atoms with Gasteiger partial charge in [-0.15, -0.1) is 0 Å². The fourth-order valence-corrected chi connectivity index (χ4v) is 3.84. The van der Waals surface area contributed by atoms with E-state index in [0.29, 0.717) is 5.92 Å². The molecule has 144 valence electrons. The Morgan fingerprint density at radius 1 is 0.552 bits per heavy atom. The molecule has 0 spiro atoms. The van der Waals surface area contributed by atoms with E-state index in [2.05, 4.69) is 55.5 Å². The molecular weight excluding hydrogens is 356 g/mol. The molecule has 0 fully saturated rings. The van der Waals surface area contributed by atoms with Crippen LogP contribution in [-0.4, -0.2) is 10.2 Å². The molecule has 0 radical (unpaired) electrons. The molecule has 0 saturated carbocycles. The van der Waals surface area contributed by atoms with Crippen LogP contribution in [0.3, 0.4) is 0 Å². The molecule has 4 aromatic carbocycles. The van der Waals surface area contributed by atoms with Crippen LogP contribution in [0.4, 0.5) is 0 Å². The number of hydrogen-bond donors (Lipinski definition) is 2. The summed E-state index contributed by atoms with van der Waals surface area (Å²) in [5, 5.41) is 19.1. The molecule has 0 unspecified atom stereocenters. The minimum Gasteiger partial charge on any atom is -0.508 e. The Morgan fingerprint density at radius 2 is 0.966 bits per heavy atom. The van der Waals surface area contributed by atoms with E-state index >= 15 is 0 Å². The first-order valence-corrected chi connectivity index (χ1v) is 9.93. The van der Waals surface area contributed by atoms with Crippen molar-refractivity contribution in [2.24, 2.45) is 0 Å². The highest BCUT2D eigenvalue weighted by atomic mass is 16.3. The monoisotopic (exact) mass is 380 g/mol. The fourth-order valence-electron chi connectivity index (χ4n) is 3.84. The normalized spacial score (nSPS) is 11.0. The lowest BCUT2D eigenvalue weighted by atomic mass is 9.86. The quantitative estimate of drug-likeness (QED) is 0.392. The lowest BCUT2D eigenvalue weighted by Gasteiger charge is -2.18. The highest BCUT2D eigenvalue weighted by molar-refractivity contribution is 5.67. The summed E-state index contributed by atoms with van der Waals surface area (Å²) in [5.74, 6) is 0.855. The maximum atomic E-state index is 9.55. The molecule has 0 aliphatic carbocycles. The summed E-state index contributed by atoms with van der Waals surface area (Å²) in [6.07, 6.45) is 0.998. The summed E-state index contributed by atoms with van der Waals surface area (Å²) >= 11 is 0. The summed E-state index contributed by atoms with van der Waals surface area (Å²) in [6, 6.07) is 31.9. The van der Waals surface area contributed by atoms with Crippen molar-refractivity contribution in [1.29, 1.82) is 0 Å². The van der Waals surface area contributed by atoms with E-state index in [4.69, 9.17) is 0 Å². The van der Waals surface area contributed by atoms with Gasteiger partial charge < -0.3 is 10.2 Å². The maximum Gasteiger partial charge on any atom is 0.115 e. The number of phenolic OH excluding ortho intramolecular Hbond substituents is 2. The second kappa shape index (κ2) is 8.24. The van der Waals surface area contributed by atoms with Crippen molar-refractivity contribution in [2.45, 2.75) is 19.3 Å². The van der Waals surface area contributed by atoms with Crippen molar-refractivity contribution >= 4 is 0 Å². The summed E-state index contributed by atoms with van der Waals surface area (Å²) in [6.45, 7) is 2.21. The van der Waals surface area contributed by atoms with Gasteiger partial charge in [-0.3, -0.25) is 0 Å². The Morgan fingerprint density at radius 3 is 1.34 bits per heavy atom. The van der Waals surface area contributed by atoms with Crippen LogP contribution >= 0.6 is 0 Å². The molecule has 4 aromatic rings. The van der Waals surface area contributed by atoms with Gasteiger partial charge in [-0.25, -0.2) is 0 Å². The smallest absolute Gasteiger partial charge is 0.115 e. The van der Waals surface area contributed by atoms with Gasteiger partial charge in [-0.05, 0) is 64.1 Å². The van der Waals surface area contributed by atoms with Crippen molar-refractivity contribution in [2.75, 3.05) is 0 Å². The maximum absolute atomic E-state index is 9.55. The molecule has 0 aliphatic rings. The highest BCUT2D eigenvalue weighted by Crippen LogP contribution is 2.33. The number of benzene rings is 4. The standard InChI is InChI=1S/C27H24O2/c1-2-27(23-7-3-5-21(17-23)19-9-13-25(28)14-10-19)24-8-4-6-22(18-24)20-11-15-26(29)16-12-20/h3-18,27-29H,2H2,1H3. The molecule has 0 amide bonds. The zero-order chi connectivity index (χ0) is 20.2. The van der Waals surface area contributed by atoms with E-state index < -0.39 is 0 Å². The van der Waals surface area contributed by atoms with Crippen LogP contribution < -0.4 is 0 Å². The lowest BCUT2D eigenvalue weighted by Crippen LogP contribution is -2.00. The summed E-state index contributed by atoms with van der Waals surface area (Å²) in [5.41, 5.74) is 7.04. The molecule has 2 heteroatoms. The van der Waals surface area contributed by atoms with Crippen LogP contribution in [0.25, 0.3) is 22.3 Å². The third-order valence-electron chi connectivity index (χ3n) is 5.39. The molecule has 4 rings (SSSR count). The van der Waals surface area contributed by atoms with Crippen molar-refractivity contribution in [1.82, 2.24) is 0 Å². The Labute approximate surface area is 171 Å². The van der Waals surface area contributed by atoms with E-state index in [9.17, 15) is 10.2 Å². The van der Waals surface area contributed by atoms with Crippen LogP contribution in [0, 0.1) is 0 Å². The Bertz CT molecular complexity index is 1010. The van der Waals surface area contributed by atoms with Gasteiger partial charge in [0.1, 0.15) is 11.5 Å². The van der Waals surface area contributed by atoms with E-state index in [-0.39, 0.29) is 11.5 Å². The first-order chi connectivity index (χ1) is 14.1. The molecule has 2 nitrogen and oxygen atoms in total. The van der Waals surface area contributed by atoms with Crippen molar-refractivity contribution < 1.29 is 10.2 Å². The summed E-state index contributed by atoms with van der Waals surface area (Å²) in [4.78, 5) is 0. The molecule has 29 heavy (non-hydrogen) atoms. The first kappa shape index (κ1) is 18.8. The van der Waals surface area contributed by atoms with E-state index in [1.165, 1.54) is 11.1 Å². The molecule has 0 saturated heterocycles. The van der Waals surface area contributed by atoms with Crippen LogP contribution in [0.1, 0.15) is 30.4 Å². The van der Waals surface area contributed by atoms with E-state index in [1.807, 2.05) is 24.3 Å². The SMILES string of the molecule is CCC(c1cccc(-c2ccc(O)cc2)c1)c1cccc(-c2ccc(O)cc2)c1. The molecule has 0 aromatic heterocycles. The van der Waals surface area contributed by atoms with Gasteiger partial charge in [0.05, 0.1) is 0 Å². The van der Waals surface area contributed by atoms with Gasteiger partial charge in [-0.2, -0.15) is 0 Å². The van der Waals surface area contributed by atoms with Gasteiger partial charge in [-0.1, -0.05) is 79.7 Å². The molecule has 0 aliphatic heterocycles. The topological polar surface area (TPSA) is 40.5 Å². The third kappa shape index (κ3) is 4.17. The van der Waals surface area contributed by atoms with Crippen molar-refractivity contribution in [3.05, 3.63) is 108 Å². The van der Waals surface area contributed by atoms with Gasteiger partial charge >= 0.3 is 0 Å². The van der Waals surface area contributed by atoms with Crippen LogP contribution in [0.5, 0.6) is 11.5 Å². The molecule has 0 bridgehead atoms. The molecular formula is C27H24O2. The second-order valence-corrected chi connectivity index (χ2v) is 7.31. The second-order valence-electron chi connectivity index (χ2n) is 7.31. The zero-order valence-corrected chi connectivity index (χ0v) is 16.4. The van der Waals surface area contributed by atoms with Gasteiger partial charge in [0.2, 0.25) is 0 Å². The average Bonchev–Trinajstić information content (AvgIpc) is 2.76. The Balaban J connectivity index is 1.69. The fraction of sp³-hybridized carbons (Fsp3) is 0.111. The Kier molecular flexibility index (Phi) is 5.35. The predicted octanol–water partition coefficient (Wildman–Crippen LogP) is 6.97. The number of hydrogen-bond acceptors (Lipinski definition) is 2. The van der Waals surface area contributed by atoms with E-state index in [0.717, 1.165) is 28.7 Å². The van der Waals surface area contributed by atoms with Gasteiger partial charge in [0, 0.05) is 5.92 Å². The van der Waals surface area contributed by atoms with Crippen LogP contribution in [0.2, 0.25) is 0 Å². The Hall–Kier alpha value is -3.52. The molecule has 0 heterocycles. The zero-order valence-electron chi connectivity index (χ0n) is 16.4. The van der Waals surface area contributed by atoms with Crippen molar-refractivity contribution in [3.63, 3.8) is 0 Å². The molecule has 2 N–H and O–H groups in total. The van der Waals surface area contributed by atoms with Gasteiger partial charge in [0.15, 0.2) is 0 Å². The van der Waals surface area contributed by atoms with E-state index in [1.54, 1.807) is 24.3 Å². The minimum atomic E-state index is 0.280. The van der Waals surface area contributed by atoms with Crippen molar-refractivity contribution in [3.8, 4) is 33.8 Å². The van der Waals surface area contributed by atoms with Gasteiger partial charge in [0.25, 0.3) is 0 Å². The minimum absolute atomic E-state index is 0.280. The number of rotatable bonds is 5. The van der Waals surface area contributed by atoms with Crippen LogP contribution in [0.15, 0.2) is 97.1 Å². The summed E-state index contributed by atoms with van der Waals surface area (Å²) < 4.78 is 0. The lowest BCUT2D eigenvalue weighted by molar-refractivity contribution is 0.475. The predicted molar refractivity (Wildman–Crippen MR) is 119 cm³/mol. The number of phenols is 2. The first-order valence-electron chi connectivity index (χ1n) is 9.93. The van der Waals surface area contributed by atoms with Crippen LogP contribution in [-0.2, 0) is 0 Å². The molecule has 0 atom stereocenters. The summed E-state index contributed by atoms with van der Waals surface area (Å²) in [7, 11) is 0. The third-order valence-corrected chi connectivity index (χ3v) is 5.39. The largest absolute Gasteiger partial charge is 0.508 e.